The summed E-state index contributed by atoms with van der Waals surface area (Å²) < 4.78 is 15.6. The zero-order valence-corrected chi connectivity index (χ0v) is 19.0. The van der Waals surface area contributed by atoms with Gasteiger partial charge in [-0.1, -0.05) is 30.4 Å². The Morgan fingerprint density at radius 3 is 2.56 bits per heavy atom. The summed E-state index contributed by atoms with van der Waals surface area (Å²) in [4.78, 5) is 34.0. The number of thiazole rings is 1. The summed E-state index contributed by atoms with van der Waals surface area (Å²) in [6, 6.07) is 16.5. The summed E-state index contributed by atoms with van der Waals surface area (Å²) in [5.74, 6) is -0.373. The molecule has 0 fully saturated rings. The van der Waals surface area contributed by atoms with Crippen molar-refractivity contribution in [3.05, 3.63) is 83.2 Å². The van der Waals surface area contributed by atoms with Crippen LogP contribution in [-0.4, -0.2) is 20.6 Å². The van der Waals surface area contributed by atoms with Crippen LogP contribution in [0.1, 0.15) is 13.3 Å². The van der Waals surface area contributed by atoms with E-state index in [1.807, 2.05) is 43.3 Å². The molecule has 0 bridgehead atoms. The Labute approximate surface area is 197 Å². The minimum atomic E-state index is -0.462. The standard InChI is InChI=1S/C25H20FN5O2S/c1-2-11-31-14-27-20-9-3-15(12-19(20)23(31)32)16-4-10-22-21(13-16)29-25(34-22)30-24(33)28-18-7-5-17(26)6-8-18/h3-10,12-14H,2,11H2,1H3,(H2,28,29,30,33). The van der Waals surface area contributed by atoms with Crippen molar-refractivity contribution in [1.29, 1.82) is 0 Å². The fourth-order valence-corrected chi connectivity index (χ4v) is 4.53. The number of hydrogen-bond acceptors (Lipinski definition) is 5. The average molecular weight is 474 g/mol. The quantitative estimate of drug-likeness (QED) is 0.334. The van der Waals surface area contributed by atoms with Gasteiger partial charge in [-0.2, -0.15) is 0 Å². The Kier molecular flexibility index (Phi) is 5.77. The third-order valence-electron chi connectivity index (χ3n) is 5.33. The number of rotatable bonds is 5. The van der Waals surface area contributed by atoms with E-state index in [0.717, 1.165) is 27.8 Å². The molecular formula is C25H20FN5O2S. The highest BCUT2D eigenvalue weighted by molar-refractivity contribution is 7.22. The first kappa shape index (κ1) is 21.7. The van der Waals surface area contributed by atoms with Crippen LogP contribution in [0.15, 0.2) is 71.8 Å². The molecule has 0 aliphatic carbocycles. The number of anilines is 2. The maximum Gasteiger partial charge on any atom is 0.325 e. The molecule has 0 saturated heterocycles. The van der Waals surface area contributed by atoms with Crippen molar-refractivity contribution < 1.29 is 9.18 Å². The van der Waals surface area contributed by atoms with Crippen molar-refractivity contribution in [3.63, 3.8) is 0 Å². The molecule has 2 aromatic heterocycles. The maximum atomic E-state index is 13.0. The van der Waals surface area contributed by atoms with Crippen LogP contribution in [0.3, 0.4) is 0 Å². The average Bonchev–Trinajstić information content (AvgIpc) is 3.23. The van der Waals surface area contributed by atoms with Gasteiger partial charge in [0.15, 0.2) is 5.13 Å². The van der Waals surface area contributed by atoms with Crippen LogP contribution in [0.4, 0.5) is 20.0 Å². The van der Waals surface area contributed by atoms with Gasteiger partial charge in [-0.3, -0.25) is 14.7 Å². The number of amides is 2. The Morgan fingerprint density at radius 1 is 1.00 bits per heavy atom. The Hall–Kier alpha value is -4.11. The second-order valence-corrected chi connectivity index (χ2v) is 8.79. The highest BCUT2D eigenvalue weighted by Crippen LogP contribution is 2.31. The zero-order valence-electron chi connectivity index (χ0n) is 18.2. The lowest BCUT2D eigenvalue weighted by molar-refractivity contribution is 0.262. The van der Waals surface area contributed by atoms with E-state index in [2.05, 4.69) is 20.6 Å². The summed E-state index contributed by atoms with van der Waals surface area (Å²) >= 11 is 1.35. The number of aryl methyl sites for hydroxylation is 1. The van der Waals surface area contributed by atoms with E-state index in [4.69, 9.17) is 0 Å². The van der Waals surface area contributed by atoms with Gasteiger partial charge in [-0.25, -0.2) is 19.2 Å². The first-order valence-corrected chi connectivity index (χ1v) is 11.6. The molecule has 5 aromatic rings. The van der Waals surface area contributed by atoms with Gasteiger partial charge >= 0.3 is 6.03 Å². The number of carbonyl (C=O) groups excluding carboxylic acids is 1. The summed E-state index contributed by atoms with van der Waals surface area (Å²) in [5, 5.41) is 6.38. The number of fused-ring (bicyclic) bond motifs is 2. The minimum absolute atomic E-state index is 0.0536. The number of carbonyl (C=O) groups is 1. The molecule has 34 heavy (non-hydrogen) atoms. The molecule has 2 heterocycles. The largest absolute Gasteiger partial charge is 0.325 e. The van der Waals surface area contributed by atoms with Crippen LogP contribution in [0.2, 0.25) is 0 Å². The third-order valence-corrected chi connectivity index (χ3v) is 6.28. The van der Waals surface area contributed by atoms with Gasteiger partial charge in [0.25, 0.3) is 5.56 Å². The Balaban J connectivity index is 1.40. The number of benzene rings is 3. The fourth-order valence-electron chi connectivity index (χ4n) is 3.69. The van der Waals surface area contributed by atoms with Crippen LogP contribution >= 0.6 is 11.3 Å². The highest BCUT2D eigenvalue weighted by atomic mass is 32.1. The number of halogens is 1. The van der Waals surface area contributed by atoms with E-state index in [-0.39, 0.29) is 11.4 Å². The van der Waals surface area contributed by atoms with Gasteiger partial charge in [0.2, 0.25) is 0 Å². The van der Waals surface area contributed by atoms with Gasteiger partial charge in [-0.05, 0) is 66.1 Å². The maximum absolute atomic E-state index is 13.0. The van der Waals surface area contributed by atoms with Crippen molar-refractivity contribution in [2.24, 2.45) is 0 Å². The fraction of sp³-hybridized carbons (Fsp3) is 0.120. The molecule has 0 saturated carbocycles. The molecule has 170 valence electrons. The smallest absolute Gasteiger partial charge is 0.308 e. The van der Waals surface area contributed by atoms with Crippen LogP contribution in [0, 0.1) is 5.82 Å². The molecule has 2 amide bonds. The first-order valence-electron chi connectivity index (χ1n) is 10.7. The molecule has 9 heteroatoms. The number of nitrogens with one attached hydrogen (secondary N) is 2. The van der Waals surface area contributed by atoms with Crippen molar-refractivity contribution >= 4 is 49.3 Å². The lowest BCUT2D eigenvalue weighted by Gasteiger charge is -2.07. The SMILES string of the molecule is CCCn1cnc2ccc(-c3ccc4sc(NC(=O)Nc5ccc(F)cc5)nc4c3)cc2c1=O. The predicted octanol–water partition coefficient (Wildman–Crippen LogP) is 5.87. The van der Waals surface area contributed by atoms with Crippen LogP contribution in [0.25, 0.3) is 32.2 Å². The number of aromatic nitrogens is 3. The summed E-state index contributed by atoms with van der Waals surface area (Å²) in [5.41, 5.74) is 3.61. The third kappa shape index (κ3) is 4.38. The topological polar surface area (TPSA) is 88.9 Å². The van der Waals surface area contributed by atoms with Crippen molar-refractivity contribution in [3.8, 4) is 11.1 Å². The van der Waals surface area contributed by atoms with Gasteiger partial charge in [0.1, 0.15) is 5.82 Å². The van der Waals surface area contributed by atoms with Crippen molar-refractivity contribution in [2.75, 3.05) is 10.6 Å². The van der Waals surface area contributed by atoms with Crippen LogP contribution < -0.4 is 16.2 Å². The summed E-state index contributed by atoms with van der Waals surface area (Å²) in [6.07, 6.45) is 2.45. The molecule has 0 aliphatic rings. The molecule has 7 nitrogen and oxygen atoms in total. The van der Waals surface area contributed by atoms with Crippen LogP contribution in [-0.2, 0) is 6.54 Å². The minimum Gasteiger partial charge on any atom is -0.308 e. The van der Waals surface area contributed by atoms with E-state index in [1.54, 1.807) is 10.9 Å². The molecule has 2 N–H and O–H groups in total. The van der Waals surface area contributed by atoms with Gasteiger partial charge in [0.05, 0.1) is 27.4 Å². The van der Waals surface area contributed by atoms with E-state index >= 15 is 0 Å². The van der Waals surface area contributed by atoms with Crippen molar-refractivity contribution in [2.45, 2.75) is 19.9 Å². The second kappa shape index (κ2) is 9.03. The zero-order chi connectivity index (χ0) is 23.7. The van der Waals surface area contributed by atoms with E-state index < -0.39 is 6.03 Å². The first-order chi connectivity index (χ1) is 16.5. The van der Waals surface area contributed by atoms with E-state index in [1.165, 1.54) is 35.6 Å². The normalized spacial score (nSPS) is 11.1. The van der Waals surface area contributed by atoms with E-state index in [9.17, 15) is 14.0 Å². The van der Waals surface area contributed by atoms with Gasteiger partial charge in [-0.15, -0.1) is 0 Å². The number of urea groups is 1. The lowest BCUT2D eigenvalue weighted by atomic mass is 10.0. The highest BCUT2D eigenvalue weighted by Gasteiger charge is 2.11. The number of hydrogen-bond donors (Lipinski definition) is 2. The second-order valence-electron chi connectivity index (χ2n) is 7.76. The summed E-state index contributed by atoms with van der Waals surface area (Å²) in [6.45, 7) is 2.65. The molecule has 0 aliphatic heterocycles. The van der Waals surface area contributed by atoms with Gasteiger partial charge in [0, 0.05) is 12.2 Å². The predicted molar refractivity (Wildman–Crippen MR) is 134 cm³/mol. The molecule has 0 radical (unpaired) electrons. The molecular weight excluding hydrogens is 453 g/mol. The van der Waals surface area contributed by atoms with Crippen LogP contribution in [0.5, 0.6) is 0 Å². The molecule has 0 atom stereocenters. The summed E-state index contributed by atoms with van der Waals surface area (Å²) in [7, 11) is 0. The molecule has 0 spiro atoms. The Morgan fingerprint density at radius 2 is 1.76 bits per heavy atom. The van der Waals surface area contributed by atoms with E-state index in [0.29, 0.717) is 28.3 Å². The van der Waals surface area contributed by atoms with Gasteiger partial charge < -0.3 is 5.32 Å². The lowest BCUT2D eigenvalue weighted by Crippen LogP contribution is -2.20. The molecule has 0 unspecified atom stereocenters. The van der Waals surface area contributed by atoms with Crippen molar-refractivity contribution in [1.82, 2.24) is 14.5 Å². The number of nitrogens with zero attached hydrogens (tertiary/aromatic N) is 3. The Bertz CT molecular complexity index is 1580. The molecule has 5 rings (SSSR count). The molecule has 3 aromatic carbocycles. The monoisotopic (exact) mass is 473 g/mol.